The van der Waals surface area contributed by atoms with Crippen LogP contribution < -0.4 is 15.0 Å². The SMILES string of the molecule is COc1ccc(-c2cnn(-c3ccccc3)c(=O)c2OC)cc1. The van der Waals surface area contributed by atoms with E-state index < -0.39 is 0 Å². The molecule has 0 amide bonds. The van der Waals surface area contributed by atoms with Gasteiger partial charge in [-0.25, -0.2) is 0 Å². The third-order valence-corrected chi connectivity index (χ3v) is 3.54. The fourth-order valence-corrected chi connectivity index (χ4v) is 2.36. The van der Waals surface area contributed by atoms with E-state index in [2.05, 4.69) is 5.10 Å². The maximum Gasteiger partial charge on any atom is 0.314 e. The first-order valence-electron chi connectivity index (χ1n) is 7.11. The van der Waals surface area contributed by atoms with Gasteiger partial charge in [0.1, 0.15) is 5.75 Å². The van der Waals surface area contributed by atoms with Crippen LogP contribution in [0.4, 0.5) is 0 Å². The van der Waals surface area contributed by atoms with E-state index in [9.17, 15) is 4.79 Å². The molecule has 0 aliphatic heterocycles. The van der Waals surface area contributed by atoms with Gasteiger partial charge < -0.3 is 9.47 Å². The molecule has 0 aliphatic carbocycles. The van der Waals surface area contributed by atoms with Crippen molar-refractivity contribution in [3.63, 3.8) is 0 Å². The highest BCUT2D eigenvalue weighted by atomic mass is 16.5. The number of hydrogen-bond acceptors (Lipinski definition) is 4. The molecule has 23 heavy (non-hydrogen) atoms. The Bertz CT molecular complexity index is 856. The summed E-state index contributed by atoms with van der Waals surface area (Å²) in [6, 6.07) is 16.6. The molecule has 0 saturated heterocycles. The first kappa shape index (κ1) is 14.8. The number of ether oxygens (including phenoxy) is 2. The van der Waals surface area contributed by atoms with Crippen LogP contribution in [-0.4, -0.2) is 24.0 Å². The second-order valence-electron chi connectivity index (χ2n) is 4.87. The zero-order valence-electron chi connectivity index (χ0n) is 12.9. The molecular weight excluding hydrogens is 292 g/mol. The van der Waals surface area contributed by atoms with Crippen LogP contribution in [0.1, 0.15) is 0 Å². The van der Waals surface area contributed by atoms with E-state index in [0.717, 1.165) is 11.3 Å². The Morgan fingerprint density at radius 2 is 1.61 bits per heavy atom. The van der Waals surface area contributed by atoms with Gasteiger partial charge in [-0.05, 0) is 29.8 Å². The Morgan fingerprint density at radius 3 is 2.22 bits per heavy atom. The number of nitrogens with zero attached hydrogens (tertiary/aromatic N) is 2. The molecule has 0 N–H and O–H groups in total. The lowest BCUT2D eigenvalue weighted by Crippen LogP contribution is -2.22. The normalized spacial score (nSPS) is 10.3. The number of para-hydroxylation sites is 1. The van der Waals surface area contributed by atoms with Gasteiger partial charge in [-0.15, -0.1) is 0 Å². The lowest BCUT2D eigenvalue weighted by Gasteiger charge is -2.11. The molecule has 116 valence electrons. The minimum atomic E-state index is -0.299. The second kappa shape index (κ2) is 6.36. The first-order valence-corrected chi connectivity index (χ1v) is 7.11. The Hall–Kier alpha value is -3.08. The van der Waals surface area contributed by atoms with Gasteiger partial charge in [-0.1, -0.05) is 30.3 Å². The van der Waals surface area contributed by atoms with E-state index in [1.165, 1.54) is 11.8 Å². The van der Waals surface area contributed by atoms with Crippen molar-refractivity contribution >= 4 is 0 Å². The standard InChI is InChI=1S/C18H16N2O3/c1-22-15-10-8-13(9-11-15)16-12-19-20(18(21)17(16)23-2)14-6-4-3-5-7-14/h3-12H,1-2H3. The summed E-state index contributed by atoms with van der Waals surface area (Å²) < 4.78 is 11.8. The molecule has 1 aromatic heterocycles. The summed E-state index contributed by atoms with van der Waals surface area (Å²) in [4.78, 5) is 12.7. The van der Waals surface area contributed by atoms with E-state index >= 15 is 0 Å². The molecule has 3 aromatic rings. The molecule has 0 radical (unpaired) electrons. The van der Waals surface area contributed by atoms with Gasteiger partial charge in [0, 0.05) is 5.56 Å². The second-order valence-corrected chi connectivity index (χ2v) is 4.87. The topological polar surface area (TPSA) is 53.4 Å². The Morgan fingerprint density at radius 1 is 0.913 bits per heavy atom. The predicted molar refractivity (Wildman–Crippen MR) is 88.4 cm³/mol. The van der Waals surface area contributed by atoms with E-state index in [1.807, 2.05) is 54.6 Å². The maximum atomic E-state index is 12.7. The van der Waals surface area contributed by atoms with E-state index in [1.54, 1.807) is 13.3 Å². The van der Waals surface area contributed by atoms with Gasteiger partial charge in [0.2, 0.25) is 0 Å². The van der Waals surface area contributed by atoms with Crippen LogP contribution in [0.2, 0.25) is 0 Å². The summed E-state index contributed by atoms with van der Waals surface area (Å²) >= 11 is 0. The zero-order valence-corrected chi connectivity index (χ0v) is 12.9. The van der Waals surface area contributed by atoms with Crippen molar-refractivity contribution in [2.24, 2.45) is 0 Å². The highest BCUT2D eigenvalue weighted by molar-refractivity contribution is 5.69. The van der Waals surface area contributed by atoms with E-state index in [0.29, 0.717) is 11.3 Å². The van der Waals surface area contributed by atoms with Gasteiger partial charge >= 0.3 is 5.56 Å². The summed E-state index contributed by atoms with van der Waals surface area (Å²) in [6.45, 7) is 0. The maximum absolute atomic E-state index is 12.7. The Kier molecular flexibility index (Phi) is 4.10. The molecule has 2 aromatic carbocycles. The molecule has 3 rings (SSSR count). The highest BCUT2D eigenvalue weighted by Gasteiger charge is 2.14. The van der Waals surface area contributed by atoms with Gasteiger partial charge in [-0.3, -0.25) is 4.79 Å². The van der Waals surface area contributed by atoms with Gasteiger partial charge in [-0.2, -0.15) is 9.78 Å². The number of methoxy groups -OCH3 is 2. The van der Waals surface area contributed by atoms with Crippen molar-refractivity contribution in [3.05, 3.63) is 71.1 Å². The molecule has 0 aliphatic rings. The molecule has 0 spiro atoms. The molecule has 0 fully saturated rings. The quantitative estimate of drug-likeness (QED) is 0.743. The van der Waals surface area contributed by atoms with Crippen LogP contribution in [0.15, 0.2) is 65.6 Å². The van der Waals surface area contributed by atoms with E-state index in [4.69, 9.17) is 9.47 Å². The Labute approximate surface area is 133 Å². The van der Waals surface area contributed by atoms with Crippen LogP contribution in [-0.2, 0) is 0 Å². The Balaban J connectivity index is 2.12. The van der Waals surface area contributed by atoms with Crippen LogP contribution in [0, 0.1) is 0 Å². The first-order chi connectivity index (χ1) is 11.2. The minimum Gasteiger partial charge on any atom is -0.497 e. The molecule has 0 atom stereocenters. The number of benzene rings is 2. The highest BCUT2D eigenvalue weighted by Crippen LogP contribution is 2.27. The van der Waals surface area contributed by atoms with E-state index in [-0.39, 0.29) is 11.3 Å². The molecule has 0 unspecified atom stereocenters. The smallest absolute Gasteiger partial charge is 0.314 e. The van der Waals surface area contributed by atoms with Gasteiger partial charge in [0.15, 0.2) is 5.75 Å². The zero-order chi connectivity index (χ0) is 16.2. The van der Waals surface area contributed by atoms with Crippen LogP contribution in [0.25, 0.3) is 16.8 Å². The molecular formula is C18H16N2O3. The van der Waals surface area contributed by atoms with Crippen LogP contribution >= 0.6 is 0 Å². The molecule has 0 saturated carbocycles. The number of aromatic nitrogens is 2. The van der Waals surface area contributed by atoms with Crippen molar-refractivity contribution in [1.82, 2.24) is 9.78 Å². The summed E-state index contributed by atoms with van der Waals surface area (Å²) in [6.07, 6.45) is 1.63. The van der Waals surface area contributed by atoms with Crippen LogP contribution in [0.3, 0.4) is 0 Å². The summed E-state index contributed by atoms with van der Waals surface area (Å²) in [5.74, 6) is 1.01. The van der Waals surface area contributed by atoms with Gasteiger partial charge in [0.25, 0.3) is 0 Å². The van der Waals surface area contributed by atoms with Crippen molar-refractivity contribution in [1.29, 1.82) is 0 Å². The summed E-state index contributed by atoms with van der Waals surface area (Å²) in [5, 5.41) is 4.27. The van der Waals surface area contributed by atoms with Crippen LogP contribution in [0.5, 0.6) is 11.5 Å². The van der Waals surface area contributed by atoms with Crippen molar-refractivity contribution < 1.29 is 9.47 Å². The summed E-state index contributed by atoms with van der Waals surface area (Å²) in [7, 11) is 3.09. The third kappa shape index (κ3) is 2.81. The third-order valence-electron chi connectivity index (χ3n) is 3.54. The number of rotatable bonds is 4. The molecule has 0 bridgehead atoms. The fourth-order valence-electron chi connectivity index (χ4n) is 2.36. The monoisotopic (exact) mass is 308 g/mol. The van der Waals surface area contributed by atoms with Crippen molar-refractivity contribution in [3.8, 4) is 28.3 Å². The van der Waals surface area contributed by atoms with Crippen molar-refractivity contribution in [2.75, 3.05) is 14.2 Å². The lowest BCUT2D eigenvalue weighted by atomic mass is 10.1. The average Bonchev–Trinajstić information content (AvgIpc) is 2.62. The minimum absolute atomic E-state index is 0.258. The predicted octanol–water partition coefficient (Wildman–Crippen LogP) is 2.92. The fraction of sp³-hybridized carbons (Fsp3) is 0.111. The molecule has 5 heteroatoms. The number of hydrogen-bond donors (Lipinski definition) is 0. The lowest BCUT2D eigenvalue weighted by molar-refractivity contribution is 0.405. The van der Waals surface area contributed by atoms with Crippen molar-refractivity contribution in [2.45, 2.75) is 0 Å². The summed E-state index contributed by atoms with van der Waals surface area (Å²) in [5.41, 5.74) is 1.88. The average molecular weight is 308 g/mol. The molecule has 1 heterocycles. The largest absolute Gasteiger partial charge is 0.497 e. The molecule has 5 nitrogen and oxygen atoms in total. The van der Waals surface area contributed by atoms with Gasteiger partial charge in [0.05, 0.1) is 26.1 Å².